The Balaban J connectivity index is 1.75. The summed E-state index contributed by atoms with van der Waals surface area (Å²) in [5.74, 6) is -2.04. The Hall–Kier alpha value is -4.04. The number of carboxylic acids is 1. The van der Waals surface area contributed by atoms with E-state index in [1.807, 2.05) is 56.5 Å². The molecule has 0 atom stereocenters. The maximum Gasteiger partial charge on any atom is 0.335 e. The Morgan fingerprint density at radius 3 is 2.15 bits per heavy atom. The van der Waals surface area contributed by atoms with E-state index in [0.29, 0.717) is 11.3 Å². The fourth-order valence-corrected chi connectivity index (χ4v) is 4.49. The van der Waals surface area contributed by atoms with Gasteiger partial charge in [-0.05, 0) is 105 Å². The summed E-state index contributed by atoms with van der Waals surface area (Å²) in [6, 6.07) is 14.1. The van der Waals surface area contributed by atoms with E-state index in [-0.39, 0.29) is 16.2 Å². The van der Waals surface area contributed by atoms with Gasteiger partial charge in [0.15, 0.2) is 5.11 Å². The lowest BCUT2D eigenvalue weighted by atomic mass is 10.1. The average Bonchev–Trinajstić information content (AvgIpc) is 3.03. The second-order valence-electron chi connectivity index (χ2n) is 8.32. The van der Waals surface area contributed by atoms with Gasteiger partial charge >= 0.3 is 5.97 Å². The molecule has 0 radical (unpaired) electrons. The Kier molecular flexibility index (Phi) is 5.93. The van der Waals surface area contributed by atoms with E-state index in [4.69, 9.17) is 17.3 Å². The van der Waals surface area contributed by atoms with Gasteiger partial charge in [0, 0.05) is 17.1 Å². The van der Waals surface area contributed by atoms with Gasteiger partial charge in [-0.15, -0.1) is 0 Å². The number of carboxylic acid groups (broad SMARTS) is 1. The maximum absolute atomic E-state index is 13.4. The summed E-state index contributed by atoms with van der Waals surface area (Å²) in [4.78, 5) is 38.6. The van der Waals surface area contributed by atoms with Gasteiger partial charge in [-0.25, -0.2) is 4.79 Å². The SMILES string of the molecule is Cc1cc(C)cc(N2C(=O)/C(=C\c3cc(C)n(-c4ccc(C(=O)O)cc4)c3C)C(=O)NC2=S)c1. The second kappa shape index (κ2) is 8.72. The number of benzene rings is 2. The number of carbonyl (C=O) groups is 3. The fraction of sp³-hybridized carbons (Fsp3) is 0.154. The number of aromatic nitrogens is 1. The lowest BCUT2D eigenvalue weighted by Gasteiger charge is -2.29. The van der Waals surface area contributed by atoms with Crippen molar-refractivity contribution in [1.82, 2.24) is 9.88 Å². The van der Waals surface area contributed by atoms with Gasteiger partial charge in [-0.3, -0.25) is 19.8 Å². The molecule has 0 spiro atoms. The number of hydrogen-bond donors (Lipinski definition) is 2. The molecule has 0 unspecified atom stereocenters. The van der Waals surface area contributed by atoms with Crippen molar-refractivity contribution in [2.45, 2.75) is 27.7 Å². The minimum atomic E-state index is -0.994. The van der Waals surface area contributed by atoms with E-state index >= 15 is 0 Å². The summed E-state index contributed by atoms with van der Waals surface area (Å²) in [5.41, 5.74) is 5.89. The number of carbonyl (C=O) groups excluding carboxylic acids is 2. The van der Waals surface area contributed by atoms with E-state index in [2.05, 4.69) is 5.32 Å². The quantitative estimate of drug-likeness (QED) is 0.336. The molecular formula is C26H23N3O4S. The molecule has 0 saturated carbocycles. The van der Waals surface area contributed by atoms with E-state index in [1.165, 1.54) is 17.0 Å². The number of anilines is 1. The zero-order valence-electron chi connectivity index (χ0n) is 19.2. The van der Waals surface area contributed by atoms with Crippen molar-refractivity contribution in [3.05, 3.63) is 87.7 Å². The van der Waals surface area contributed by atoms with Gasteiger partial charge in [0.25, 0.3) is 11.8 Å². The van der Waals surface area contributed by atoms with Crippen LogP contribution in [0.2, 0.25) is 0 Å². The Morgan fingerprint density at radius 2 is 1.56 bits per heavy atom. The van der Waals surface area contributed by atoms with Crippen molar-refractivity contribution < 1.29 is 19.5 Å². The van der Waals surface area contributed by atoms with Gasteiger partial charge in [-0.1, -0.05) is 6.07 Å². The Morgan fingerprint density at radius 1 is 0.941 bits per heavy atom. The number of hydrogen-bond acceptors (Lipinski definition) is 4. The number of nitrogens with zero attached hydrogens (tertiary/aromatic N) is 2. The van der Waals surface area contributed by atoms with Gasteiger partial charge < -0.3 is 9.67 Å². The minimum Gasteiger partial charge on any atom is -0.478 e. The molecule has 1 saturated heterocycles. The minimum absolute atomic E-state index is 0.0192. The highest BCUT2D eigenvalue weighted by molar-refractivity contribution is 7.80. The predicted molar refractivity (Wildman–Crippen MR) is 134 cm³/mol. The van der Waals surface area contributed by atoms with Crippen molar-refractivity contribution in [3.8, 4) is 5.69 Å². The number of aryl methyl sites for hydroxylation is 3. The molecule has 34 heavy (non-hydrogen) atoms. The fourth-order valence-electron chi connectivity index (χ4n) is 4.21. The van der Waals surface area contributed by atoms with E-state index in [9.17, 15) is 14.4 Å². The van der Waals surface area contributed by atoms with Crippen LogP contribution in [-0.4, -0.2) is 32.6 Å². The second-order valence-corrected chi connectivity index (χ2v) is 8.70. The molecule has 1 aliphatic rings. The summed E-state index contributed by atoms with van der Waals surface area (Å²) >= 11 is 5.31. The number of aromatic carboxylic acids is 1. The molecule has 2 heterocycles. The third kappa shape index (κ3) is 4.15. The Labute approximate surface area is 202 Å². The molecule has 2 aromatic carbocycles. The van der Waals surface area contributed by atoms with Crippen LogP contribution in [-0.2, 0) is 9.59 Å². The molecule has 2 amide bonds. The summed E-state index contributed by atoms with van der Waals surface area (Å²) in [6.45, 7) is 7.64. The van der Waals surface area contributed by atoms with Crippen LogP contribution in [0.15, 0.2) is 54.1 Å². The summed E-state index contributed by atoms with van der Waals surface area (Å²) in [5, 5.41) is 11.8. The molecule has 1 fully saturated rings. The van der Waals surface area contributed by atoms with Crippen LogP contribution in [0.5, 0.6) is 0 Å². The highest BCUT2D eigenvalue weighted by Crippen LogP contribution is 2.27. The number of nitrogens with one attached hydrogen (secondary N) is 1. The first-order chi connectivity index (χ1) is 16.1. The molecule has 172 valence electrons. The van der Waals surface area contributed by atoms with E-state index in [1.54, 1.807) is 18.2 Å². The molecule has 0 aliphatic carbocycles. The lowest BCUT2D eigenvalue weighted by molar-refractivity contribution is -0.122. The first-order valence-electron chi connectivity index (χ1n) is 10.6. The van der Waals surface area contributed by atoms with Crippen LogP contribution < -0.4 is 10.2 Å². The van der Waals surface area contributed by atoms with Crippen molar-refractivity contribution in [2.75, 3.05) is 4.90 Å². The zero-order valence-corrected chi connectivity index (χ0v) is 20.0. The molecule has 7 nitrogen and oxygen atoms in total. The highest BCUT2D eigenvalue weighted by atomic mass is 32.1. The largest absolute Gasteiger partial charge is 0.478 e. The molecule has 1 aromatic heterocycles. The highest BCUT2D eigenvalue weighted by Gasteiger charge is 2.35. The number of amides is 2. The molecule has 4 rings (SSSR count). The average molecular weight is 474 g/mol. The van der Waals surface area contributed by atoms with Gasteiger partial charge in [0.05, 0.1) is 11.3 Å². The third-order valence-corrected chi connectivity index (χ3v) is 5.99. The van der Waals surface area contributed by atoms with Crippen LogP contribution in [0.4, 0.5) is 5.69 Å². The zero-order chi connectivity index (χ0) is 24.7. The third-order valence-electron chi connectivity index (χ3n) is 5.71. The number of rotatable bonds is 4. The molecule has 3 aromatic rings. The van der Waals surface area contributed by atoms with Crippen LogP contribution in [0, 0.1) is 27.7 Å². The number of thiocarbonyl (C=S) groups is 1. The van der Waals surface area contributed by atoms with E-state index in [0.717, 1.165) is 28.2 Å². The molecule has 8 heteroatoms. The first kappa shape index (κ1) is 23.1. The summed E-state index contributed by atoms with van der Waals surface area (Å²) < 4.78 is 1.94. The van der Waals surface area contributed by atoms with Gasteiger partial charge in [-0.2, -0.15) is 0 Å². The Bertz CT molecular complexity index is 1380. The maximum atomic E-state index is 13.4. The summed E-state index contributed by atoms with van der Waals surface area (Å²) in [6.07, 6.45) is 1.57. The van der Waals surface area contributed by atoms with Crippen molar-refractivity contribution >= 4 is 46.9 Å². The standard InChI is InChI=1S/C26H23N3O4S/c1-14-9-15(2)11-21(10-14)29-24(31)22(23(30)27-26(29)34)13-19-12-16(3)28(17(19)4)20-7-5-18(6-8-20)25(32)33/h5-13H,1-4H3,(H,32,33)(H,27,30,34)/b22-13-. The molecular weight excluding hydrogens is 450 g/mol. The molecule has 0 bridgehead atoms. The molecule has 1 aliphatic heterocycles. The van der Waals surface area contributed by atoms with Crippen molar-refractivity contribution in [2.24, 2.45) is 0 Å². The van der Waals surface area contributed by atoms with Crippen LogP contribution in [0.3, 0.4) is 0 Å². The van der Waals surface area contributed by atoms with E-state index < -0.39 is 17.8 Å². The predicted octanol–water partition coefficient (Wildman–Crippen LogP) is 4.24. The van der Waals surface area contributed by atoms with Crippen molar-refractivity contribution in [3.63, 3.8) is 0 Å². The smallest absolute Gasteiger partial charge is 0.335 e. The first-order valence-corrected chi connectivity index (χ1v) is 11.0. The van der Waals surface area contributed by atoms with Crippen molar-refractivity contribution in [1.29, 1.82) is 0 Å². The lowest BCUT2D eigenvalue weighted by Crippen LogP contribution is -2.54. The molecule has 2 N–H and O–H groups in total. The topological polar surface area (TPSA) is 91.6 Å². The van der Waals surface area contributed by atoms with Gasteiger partial charge in [0.2, 0.25) is 0 Å². The van der Waals surface area contributed by atoms with Crippen LogP contribution in [0.1, 0.15) is 38.4 Å². The normalized spacial score (nSPS) is 15.1. The van der Waals surface area contributed by atoms with Crippen LogP contribution >= 0.6 is 12.2 Å². The summed E-state index contributed by atoms with van der Waals surface area (Å²) in [7, 11) is 0. The van der Waals surface area contributed by atoms with Crippen LogP contribution in [0.25, 0.3) is 11.8 Å². The monoisotopic (exact) mass is 473 g/mol. The van der Waals surface area contributed by atoms with Gasteiger partial charge in [0.1, 0.15) is 5.57 Å².